The number of aryl methyl sites for hydroxylation is 2. The molecule has 1 N–H and O–H groups in total. The molecule has 1 heterocycles. The van der Waals surface area contributed by atoms with Crippen molar-refractivity contribution < 1.29 is 23.9 Å². The highest BCUT2D eigenvalue weighted by atomic mass is 16.4. The molecule has 132 valence electrons. The second-order valence-corrected chi connectivity index (χ2v) is 6.03. The van der Waals surface area contributed by atoms with Gasteiger partial charge in [-0.3, -0.25) is 9.59 Å². The molecule has 1 aromatic carbocycles. The zero-order chi connectivity index (χ0) is 18.6. The summed E-state index contributed by atoms with van der Waals surface area (Å²) in [6.07, 6.45) is 0.221. The van der Waals surface area contributed by atoms with Crippen molar-refractivity contribution in [3.8, 4) is 0 Å². The Kier molecular flexibility index (Phi) is 5.75. The van der Waals surface area contributed by atoms with Crippen molar-refractivity contribution >= 4 is 17.7 Å². The molecule has 0 saturated heterocycles. The van der Waals surface area contributed by atoms with E-state index < -0.39 is 5.97 Å². The number of carbonyl (C=O) groups excluding carboxylic acids is 2. The molecule has 2 aromatic rings. The molecule has 2 rings (SSSR count). The lowest BCUT2D eigenvalue weighted by Crippen LogP contribution is -2.26. The second-order valence-electron chi connectivity index (χ2n) is 6.03. The number of hydrogen-bond donors (Lipinski definition) is 1. The number of Topliss-reactive ketones (excluding diaryl/α,β-unsaturated/α-hetero) is 1. The van der Waals surface area contributed by atoms with Crippen LogP contribution in [-0.4, -0.2) is 34.7 Å². The standard InChI is InChI=1S/C19H21NO5/c1-12-4-6-14(7-5-12)17(21)8-9-18(22)20(3)11-15-10-16(19(23)24)13(2)25-15/h4-7,10H,8-9,11H2,1-3H3,(H,23,24). The van der Waals surface area contributed by atoms with Gasteiger partial charge in [-0.2, -0.15) is 0 Å². The van der Waals surface area contributed by atoms with Crippen LogP contribution in [0.15, 0.2) is 34.7 Å². The van der Waals surface area contributed by atoms with E-state index >= 15 is 0 Å². The van der Waals surface area contributed by atoms with Gasteiger partial charge in [0.15, 0.2) is 5.78 Å². The van der Waals surface area contributed by atoms with Gasteiger partial charge in [-0.1, -0.05) is 29.8 Å². The van der Waals surface area contributed by atoms with Gasteiger partial charge in [-0.15, -0.1) is 0 Å². The molecular formula is C19H21NO5. The summed E-state index contributed by atoms with van der Waals surface area (Å²) in [5.41, 5.74) is 1.75. The van der Waals surface area contributed by atoms with Gasteiger partial charge in [-0.25, -0.2) is 4.79 Å². The van der Waals surface area contributed by atoms with E-state index in [0.717, 1.165) is 5.56 Å². The number of amides is 1. The van der Waals surface area contributed by atoms with E-state index in [4.69, 9.17) is 9.52 Å². The fraction of sp³-hybridized carbons (Fsp3) is 0.316. The number of hydrogen-bond acceptors (Lipinski definition) is 4. The highest BCUT2D eigenvalue weighted by Gasteiger charge is 2.17. The van der Waals surface area contributed by atoms with Crippen LogP contribution in [0.1, 0.15) is 50.6 Å². The summed E-state index contributed by atoms with van der Waals surface area (Å²) in [6.45, 7) is 3.67. The monoisotopic (exact) mass is 343 g/mol. The summed E-state index contributed by atoms with van der Waals surface area (Å²) < 4.78 is 5.36. The summed E-state index contributed by atoms with van der Waals surface area (Å²) >= 11 is 0. The topological polar surface area (TPSA) is 87.8 Å². The molecule has 25 heavy (non-hydrogen) atoms. The summed E-state index contributed by atoms with van der Waals surface area (Å²) in [7, 11) is 1.59. The number of furan rings is 1. The number of rotatable bonds is 7. The van der Waals surface area contributed by atoms with Crippen LogP contribution >= 0.6 is 0 Å². The van der Waals surface area contributed by atoms with Crippen molar-refractivity contribution in [2.24, 2.45) is 0 Å². The maximum absolute atomic E-state index is 12.2. The van der Waals surface area contributed by atoms with E-state index in [2.05, 4.69) is 0 Å². The van der Waals surface area contributed by atoms with Crippen LogP contribution in [0.4, 0.5) is 0 Å². The number of aromatic carboxylic acids is 1. The van der Waals surface area contributed by atoms with Gasteiger partial charge in [-0.05, 0) is 19.9 Å². The average Bonchev–Trinajstić information content (AvgIpc) is 2.93. The lowest BCUT2D eigenvalue weighted by atomic mass is 10.0. The number of carboxylic acid groups (broad SMARTS) is 1. The summed E-state index contributed by atoms with van der Waals surface area (Å²) in [6, 6.07) is 8.65. The molecule has 0 saturated carbocycles. The van der Waals surface area contributed by atoms with E-state index in [0.29, 0.717) is 17.1 Å². The maximum Gasteiger partial charge on any atom is 0.339 e. The van der Waals surface area contributed by atoms with Crippen molar-refractivity contribution in [1.82, 2.24) is 4.90 Å². The fourth-order valence-electron chi connectivity index (χ4n) is 2.45. The zero-order valence-electron chi connectivity index (χ0n) is 14.5. The van der Waals surface area contributed by atoms with E-state index in [9.17, 15) is 14.4 Å². The number of nitrogens with zero attached hydrogens (tertiary/aromatic N) is 1. The molecule has 6 heteroatoms. The molecule has 1 aromatic heterocycles. The van der Waals surface area contributed by atoms with Crippen LogP contribution < -0.4 is 0 Å². The van der Waals surface area contributed by atoms with Gasteiger partial charge in [0, 0.05) is 25.5 Å². The first-order valence-electron chi connectivity index (χ1n) is 7.94. The summed E-state index contributed by atoms with van der Waals surface area (Å²) in [4.78, 5) is 36.7. The Labute approximate surface area is 146 Å². The minimum Gasteiger partial charge on any atom is -0.478 e. The third kappa shape index (κ3) is 4.79. The third-order valence-electron chi connectivity index (χ3n) is 3.96. The van der Waals surface area contributed by atoms with Gasteiger partial charge in [0.1, 0.15) is 17.1 Å². The molecule has 0 aliphatic heterocycles. The molecule has 0 atom stereocenters. The van der Waals surface area contributed by atoms with Gasteiger partial charge in [0.05, 0.1) is 6.54 Å². The van der Waals surface area contributed by atoms with E-state index in [-0.39, 0.29) is 36.6 Å². The van der Waals surface area contributed by atoms with Gasteiger partial charge in [0.2, 0.25) is 5.91 Å². The maximum atomic E-state index is 12.2. The smallest absolute Gasteiger partial charge is 0.339 e. The van der Waals surface area contributed by atoms with Crippen LogP contribution in [0.5, 0.6) is 0 Å². The second kappa shape index (κ2) is 7.79. The van der Waals surface area contributed by atoms with Crippen LogP contribution in [0.2, 0.25) is 0 Å². The third-order valence-corrected chi connectivity index (χ3v) is 3.96. The first kappa shape index (κ1) is 18.4. The van der Waals surface area contributed by atoms with Crippen molar-refractivity contribution in [3.05, 3.63) is 58.5 Å². The Balaban J connectivity index is 1.89. The molecule has 0 unspecified atom stereocenters. The molecule has 0 radical (unpaired) electrons. The van der Waals surface area contributed by atoms with Crippen LogP contribution in [0.25, 0.3) is 0 Å². The van der Waals surface area contributed by atoms with Gasteiger partial charge in [0.25, 0.3) is 0 Å². The first-order valence-corrected chi connectivity index (χ1v) is 7.94. The van der Waals surface area contributed by atoms with E-state index in [1.54, 1.807) is 26.1 Å². The van der Waals surface area contributed by atoms with Crippen LogP contribution in [0, 0.1) is 13.8 Å². The molecular weight excluding hydrogens is 322 g/mol. The number of carboxylic acids is 1. The summed E-state index contributed by atoms with van der Waals surface area (Å²) in [5, 5.41) is 9.01. The van der Waals surface area contributed by atoms with Crippen LogP contribution in [-0.2, 0) is 11.3 Å². The predicted molar refractivity (Wildman–Crippen MR) is 91.6 cm³/mol. The number of ketones is 1. The molecule has 0 fully saturated rings. The molecule has 1 amide bonds. The Morgan fingerprint density at radius 2 is 1.72 bits per heavy atom. The Morgan fingerprint density at radius 3 is 2.28 bits per heavy atom. The summed E-state index contributed by atoms with van der Waals surface area (Å²) in [5.74, 6) is -0.645. The molecule has 0 spiro atoms. The number of carbonyl (C=O) groups is 3. The quantitative estimate of drug-likeness (QED) is 0.780. The highest BCUT2D eigenvalue weighted by Crippen LogP contribution is 2.16. The largest absolute Gasteiger partial charge is 0.478 e. The van der Waals surface area contributed by atoms with Crippen molar-refractivity contribution in [1.29, 1.82) is 0 Å². The first-order chi connectivity index (χ1) is 11.8. The van der Waals surface area contributed by atoms with Crippen molar-refractivity contribution in [3.63, 3.8) is 0 Å². The van der Waals surface area contributed by atoms with Gasteiger partial charge < -0.3 is 14.4 Å². The Morgan fingerprint density at radius 1 is 1.08 bits per heavy atom. The minimum atomic E-state index is -1.06. The van der Waals surface area contributed by atoms with E-state index in [1.807, 2.05) is 19.1 Å². The SMILES string of the molecule is Cc1ccc(C(=O)CCC(=O)N(C)Cc2cc(C(=O)O)c(C)o2)cc1. The lowest BCUT2D eigenvalue weighted by Gasteiger charge is -2.15. The Bertz CT molecular complexity index is 789. The van der Waals surface area contributed by atoms with Crippen molar-refractivity contribution in [2.45, 2.75) is 33.2 Å². The lowest BCUT2D eigenvalue weighted by molar-refractivity contribution is -0.130. The Hall–Kier alpha value is -2.89. The zero-order valence-corrected chi connectivity index (χ0v) is 14.5. The van der Waals surface area contributed by atoms with Crippen molar-refractivity contribution in [2.75, 3.05) is 7.05 Å². The fourth-order valence-corrected chi connectivity index (χ4v) is 2.45. The average molecular weight is 343 g/mol. The van der Waals surface area contributed by atoms with Gasteiger partial charge >= 0.3 is 5.97 Å². The molecule has 6 nitrogen and oxygen atoms in total. The molecule has 0 aliphatic rings. The van der Waals surface area contributed by atoms with Crippen LogP contribution in [0.3, 0.4) is 0 Å². The number of benzene rings is 1. The molecule has 0 bridgehead atoms. The molecule has 0 aliphatic carbocycles. The van der Waals surface area contributed by atoms with E-state index in [1.165, 1.54) is 11.0 Å². The normalized spacial score (nSPS) is 10.5. The minimum absolute atomic E-state index is 0.0799. The highest BCUT2D eigenvalue weighted by molar-refractivity contribution is 5.98. The predicted octanol–water partition coefficient (Wildman–Crippen LogP) is 3.22.